The van der Waals surface area contributed by atoms with Crippen LogP contribution in [0.25, 0.3) is 0 Å². The predicted molar refractivity (Wildman–Crippen MR) is 97.0 cm³/mol. The monoisotopic (exact) mass is 354 g/mol. The van der Waals surface area contributed by atoms with Gasteiger partial charge in [-0.15, -0.1) is 12.4 Å². The molecule has 0 heterocycles. The van der Waals surface area contributed by atoms with Crippen LogP contribution in [0.2, 0.25) is 0 Å². The van der Waals surface area contributed by atoms with E-state index in [1.54, 1.807) is 12.1 Å². The number of rotatable bonds is 6. The van der Waals surface area contributed by atoms with Gasteiger partial charge in [0, 0.05) is 24.7 Å². The lowest BCUT2D eigenvalue weighted by atomic mass is 9.84. The maximum Gasteiger partial charge on any atom is 0.312 e. The molecule has 6 N–H and O–H groups in total. The third kappa shape index (κ3) is 6.02. The third-order valence-electron chi connectivity index (χ3n) is 4.47. The van der Waals surface area contributed by atoms with Crippen molar-refractivity contribution in [1.29, 1.82) is 0 Å². The Hall–Kier alpha value is -1.79. The van der Waals surface area contributed by atoms with Gasteiger partial charge >= 0.3 is 6.03 Å². The fraction of sp³-hybridized carbons (Fsp3) is 0.529. The molecular formula is C17H27ClN4O2. The predicted octanol–water partition coefficient (Wildman–Crippen LogP) is 1.91. The molecule has 2 rings (SSSR count). The van der Waals surface area contributed by atoms with Gasteiger partial charge in [0.05, 0.1) is 0 Å². The highest BCUT2D eigenvalue weighted by Crippen LogP contribution is 2.26. The van der Waals surface area contributed by atoms with Gasteiger partial charge in [-0.25, -0.2) is 4.79 Å². The molecule has 1 aromatic rings. The Kier molecular flexibility index (Phi) is 8.57. The van der Waals surface area contributed by atoms with E-state index in [1.165, 1.54) is 19.3 Å². The van der Waals surface area contributed by atoms with Crippen molar-refractivity contribution in [2.75, 3.05) is 6.54 Å². The summed E-state index contributed by atoms with van der Waals surface area (Å²) < 4.78 is 0. The van der Waals surface area contributed by atoms with E-state index in [0.29, 0.717) is 24.6 Å². The van der Waals surface area contributed by atoms with E-state index in [4.69, 9.17) is 11.5 Å². The molecule has 0 aliphatic heterocycles. The summed E-state index contributed by atoms with van der Waals surface area (Å²) in [6.07, 6.45) is 6.00. The van der Waals surface area contributed by atoms with Gasteiger partial charge in [0.15, 0.2) is 0 Å². The Morgan fingerprint density at radius 3 is 2.29 bits per heavy atom. The second-order valence-corrected chi connectivity index (χ2v) is 6.13. The lowest BCUT2D eigenvalue weighted by Crippen LogP contribution is -2.45. The molecule has 1 aliphatic rings. The molecule has 0 bridgehead atoms. The molecule has 0 saturated heterocycles. The minimum absolute atomic E-state index is 0. The second-order valence-electron chi connectivity index (χ2n) is 6.13. The maximum absolute atomic E-state index is 12.4. The first kappa shape index (κ1) is 20.3. The van der Waals surface area contributed by atoms with Crippen molar-refractivity contribution in [1.82, 2.24) is 10.6 Å². The molecule has 7 heteroatoms. The van der Waals surface area contributed by atoms with Crippen LogP contribution in [0.15, 0.2) is 24.3 Å². The number of hydrogen-bond donors (Lipinski definition) is 4. The molecule has 0 spiro atoms. The van der Waals surface area contributed by atoms with Gasteiger partial charge in [-0.05, 0) is 36.5 Å². The van der Waals surface area contributed by atoms with Crippen LogP contribution in [0.4, 0.5) is 4.79 Å². The topological polar surface area (TPSA) is 110 Å². The number of carbonyl (C=O) groups is 2. The van der Waals surface area contributed by atoms with Crippen LogP contribution >= 0.6 is 12.4 Å². The summed E-state index contributed by atoms with van der Waals surface area (Å²) in [6, 6.07) is 6.60. The van der Waals surface area contributed by atoms with Crippen molar-refractivity contribution in [3.63, 3.8) is 0 Å². The van der Waals surface area contributed by atoms with Crippen LogP contribution in [0.5, 0.6) is 0 Å². The average molecular weight is 355 g/mol. The van der Waals surface area contributed by atoms with Gasteiger partial charge in [0.1, 0.15) is 0 Å². The lowest BCUT2D eigenvalue weighted by molar-refractivity contribution is 0.0915. The van der Waals surface area contributed by atoms with Crippen LogP contribution in [0.1, 0.15) is 48.0 Å². The first-order chi connectivity index (χ1) is 11.1. The average Bonchev–Trinajstić information content (AvgIpc) is 2.58. The number of amides is 3. The van der Waals surface area contributed by atoms with Gasteiger partial charge in [0.2, 0.25) is 0 Å². The number of benzene rings is 1. The Morgan fingerprint density at radius 1 is 1.12 bits per heavy atom. The van der Waals surface area contributed by atoms with E-state index >= 15 is 0 Å². The third-order valence-corrected chi connectivity index (χ3v) is 4.47. The minimum atomic E-state index is -0.565. The first-order valence-corrected chi connectivity index (χ1v) is 8.23. The second kappa shape index (κ2) is 10.2. The Morgan fingerprint density at radius 2 is 1.75 bits per heavy atom. The zero-order valence-corrected chi connectivity index (χ0v) is 14.6. The molecule has 1 fully saturated rings. The normalized spacial score (nSPS) is 15.9. The molecule has 1 atom stereocenters. The molecule has 1 saturated carbocycles. The molecule has 6 nitrogen and oxygen atoms in total. The van der Waals surface area contributed by atoms with Crippen LogP contribution < -0.4 is 22.1 Å². The van der Waals surface area contributed by atoms with Crippen LogP contribution in [0.3, 0.4) is 0 Å². The number of halogens is 1. The fourth-order valence-corrected chi connectivity index (χ4v) is 3.12. The number of nitrogens with two attached hydrogens (primary N) is 2. The summed E-state index contributed by atoms with van der Waals surface area (Å²) >= 11 is 0. The Balaban J connectivity index is 0.00000288. The zero-order valence-electron chi connectivity index (χ0n) is 13.8. The smallest absolute Gasteiger partial charge is 0.312 e. The standard InChI is InChI=1S/C17H26N4O2.ClH/c18-10-15(13-4-2-1-3-5-13)21-16(22)14-8-6-12(7-9-14)11-20-17(19)23;/h6-9,13,15H,1-5,10-11,18H2,(H,21,22)(H3,19,20,23);1H. The van der Waals surface area contributed by atoms with Gasteiger partial charge in [-0.3, -0.25) is 4.79 Å². The minimum Gasteiger partial charge on any atom is -0.352 e. The summed E-state index contributed by atoms with van der Waals surface area (Å²) in [6.45, 7) is 0.821. The lowest BCUT2D eigenvalue weighted by Gasteiger charge is -2.30. The summed E-state index contributed by atoms with van der Waals surface area (Å²) in [5, 5.41) is 5.59. The molecule has 0 radical (unpaired) electrons. The van der Waals surface area contributed by atoms with Gasteiger partial charge in [0.25, 0.3) is 5.91 Å². The van der Waals surface area contributed by atoms with Crippen molar-refractivity contribution < 1.29 is 9.59 Å². The summed E-state index contributed by atoms with van der Waals surface area (Å²) in [5.41, 5.74) is 12.4. The van der Waals surface area contributed by atoms with Crippen molar-refractivity contribution in [2.24, 2.45) is 17.4 Å². The number of carbonyl (C=O) groups excluding carboxylic acids is 2. The fourth-order valence-electron chi connectivity index (χ4n) is 3.12. The summed E-state index contributed by atoms with van der Waals surface area (Å²) in [4.78, 5) is 23.1. The van der Waals surface area contributed by atoms with E-state index in [0.717, 1.165) is 18.4 Å². The van der Waals surface area contributed by atoms with Gasteiger partial charge in [-0.1, -0.05) is 31.4 Å². The molecule has 134 valence electrons. The molecule has 0 aromatic heterocycles. The molecule has 3 amide bonds. The van der Waals surface area contributed by atoms with Crippen molar-refractivity contribution in [3.8, 4) is 0 Å². The van der Waals surface area contributed by atoms with Gasteiger partial charge < -0.3 is 22.1 Å². The first-order valence-electron chi connectivity index (χ1n) is 8.23. The SMILES string of the molecule is Cl.NCC(NC(=O)c1ccc(CNC(N)=O)cc1)C1CCCCC1. The molecule has 24 heavy (non-hydrogen) atoms. The van der Waals surface area contributed by atoms with Crippen LogP contribution in [0, 0.1) is 5.92 Å². The van der Waals surface area contributed by atoms with E-state index in [2.05, 4.69) is 10.6 Å². The van der Waals surface area contributed by atoms with Crippen molar-refractivity contribution in [3.05, 3.63) is 35.4 Å². The molecular weight excluding hydrogens is 328 g/mol. The summed E-state index contributed by atoms with van der Waals surface area (Å²) in [5.74, 6) is 0.386. The van der Waals surface area contributed by atoms with Crippen LogP contribution in [-0.4, -0.2) is 24.5 Å². The van der Waals surface area contributed by atoms with E-state index < -0.39 is 6.03 Å². The number of urea groups is 1. The Labute approximate surface area is 149 Å². The highest BCUT2D eigenvalue weighted by atomic mass is 35.5. The van der Waals surface area contributed by atoms with Crippen molar-refractivity contribution in [2.45, 2.75) is 44.7 Å². The largest absolute Gasteiger partial charge is 0.352 e. The maximum atomic E-state index is 12.4. The highest BCUT2D eigenvalue weighted by molar-refractivity contribution is 5.94. The molecule has 1 unspecified atom stereocenters. The van der Waals surface area contributed by atoms with E-state index in [-0.39, 0.29) is 24.4 Å². The number of hydrogen-bond acceptors (Lipinski definition) is 3. The van der Waals surface area contributed by atoms with Crippen molar-refractivity contribution >= 4 is 24.3 Å². The number of nitrogens with one attached hydrogen (secondary N) is 2. The quantitative estimate of drug-likeness (QED) is 0.626. The Bertz CT molecular complexity index is 530. The highest BCUT2D eigenvalue weighted by Gasteiger charge is 2.24. The van der Waals surface area contributed by atoms with E-state index in [1.807, 2.05) is 12.1 Å². The van der Waals surface area contributed by atoms with Crippen LogP contribution in [-0.2, 0) is 6.54 Å². The zero-order chi connectivity index (χ0) is 16.7. The summed E-state index contributed by atoms with van der Waals surface area (Å²) in [7, 11) is 0. The number of primary amides is 1. The van der Waals surface area contributed by atoms with E-state index in [9.17, 15) is 9.59 Å². The molecule has 1 aromatic carbocycles. The van der Waals surface area contributed by atoms with Gasteiger partial charge in [-0.2, -0.15) is 0 Å². The molecule has 1 aliphatic carbocycles.